The average molecular weight is 370 g/mol. The first-order chi connectivity index (χ1) is 12.1. The summed E-state index contributed by atoms with van der Waals surface area (Å²) in [5.74, 6) is -0.686. The molecule has 1 unspecified atom stereocenters. The van der Waals surface area contributed by atoms with Crippen LogP contribution in [-0.2, 0) is 19.0 Å². The fraction of sp³-hybridized carbons (Fsp3) is 0.706. The molecule has 2 heterocycles. The first kappa shape index (κ1) is 20.3. The van der Waals surface area contributed by atoms with Crippen molar-refractivity contribution in [1.29, 1.82) is 0 Å². The van der Waals surface area contributed by atoms with Gasteiger partial charge in [0, 0.05) is 17.7 Å². The third-order valence-electron chi connectivity index (χ3n) is 4.36. The van der Waals surface area contributed by atoms with Crippen LogP contribution in [0, 0.1) is 18.3 Å². The number of hydrogen-bond donors (Lipinski definition) is 2. The number of hydrogen-bond acceptors (Lipinski definition) is 7. The zero-order valence-corrected chi connectivity index (χ0v) is 15.6. The van der Waals surface area contributed by atoms with Crippen LogP contribution in [0.15, 0.2) is 15.8 Å². The minimum Gasteiger partial charge on any atom is -0.438 e. The number of esters is 1. The molecule has 1 aliphatic rings. The van der Waals surface area contributed by atoms with E-state index < -0.39 is 41.1 Å². The number of aromatic amines is 1. The van der Waals surface area contributed by atoms with Gasteiger partial charge in [0.1, 0.15) is 6.10 Å². The van der Waals surface area contributed by atoms with Gasteiger partial charge in [-0.25, -0.2) is 4.79 Å². The molecular weight excluding hydrogens is 344 g/mol. The van der Waals surface area contributed by atoms with Crippen molar-refractivity contribution in [3.63, 3.8) is 0 Å². The summed E-state index contributed by atoms with van der Waals surface area (Å²) < 4.78 is 17.8. The van der Waals surface area contributed by atoms with Crippen molar-refractivity contribution in [2.24, 2.45) is 11.3 Å². The quantitative estimate of drug-likeness (QED) is 0.565. The number of ether oxygens (including phenoxy) is 3. The molecule has 0 aliphatic carbocycles. The standard InChI is InChI=1S/C17H26N2O7/c1-9-6-19(16(23)18-13(9)21)14-12(10(2)11(7-20)26-14)24-8-25-15(22)17(3,4)5/h6,10-12,14,20H,7-8H2,1-5H3,(H,18,21,23)/t10?,11-,12+,14-/m1/s1. The number of carbonyl (C=O) groups excluding carboxylic acids is 1. The largest absolute Gasteiger partial charge is 0.438 e. The van der Waals surface area contributed by atoms with Crippen LogP contribution in [0.1, 0.15) is 39.5 Å². The van der Waals surface area contributed by atoms with Gasteiger partial charge in [0.25, 0.3) is 5.56 Å². The van der Waals surface area contributed by atoms with Crippen LogP contribution in [0.3, 0.4) is 0 Å². The summed E-state index contributed by atoms with van der Waals surface area (Å²) >= 11 is 0. The number of carbonyl (C=O) groups is 1. The van der Waals surface area contributed by atoms with Gasteiger partial charge in [-0.1, -0.05) is 6.92 Å². The minimum absolute atomic E-state index is 0.254. The van der Waals surface area contributed by atoms with Crippen molar-refractivity contribution in [1.82, 2.24) is 9.55 Å². The highest BCUT2D eigenvalue weighted by molar-refractivity contribution is 5.75. The van der Waals surface area contributed by atoms with E-state index in [0.29, 0.717) is 5.56 Å². The first-order valence-electron chi connectivity index (χ1n) is 8.43. The highest BCUT2D eigenvalue weighted by atomic mass is 16.7. The summed E-state index contributed by atoms with van der Waals surface area (Å²) in [6.07, 6.45) is -0.681. The number of nitrogens with zero attached hydrogens (tertiary/aromatic N) is 1. The second-order valence-electron chi connectivity index (χ2n) is 7.52. The average Bonchev–Trinajstić information content (AvgIpc) is 2.86. The molecule has 0 aromatic carbocycles. The summed E-state index contributed by atoms with van der Waals surface area (Å²) in [5, 5.41) is 9.50. The molecule has 1 saturated heterocycles. The minimum atomic E-state index is -0.862. The zero-order valence-electron chi connectivity index (χ0n) is 15.6. The van der Waals surface area contributed by atoms with Gasteiger partial charge < -0.3 is 19.3 Å². The number of aliphatic hydroxyl groups excluding tert-OH is 1. The van der Waals surface area contributed by atoms with Crippen molar-refractivity contribution in [2.45, 2.75) is 53.1 Å². The third kappa shape index (κ3) is 4.22. The van der Waals surface area contributed by atoms with Gasteiger partial charge >= 0.3 is 11.7 Å². The molecule has 0 radical (unpaired) electrons. The van der Waals surface area contributed by atoms with Crippen LogP contribution in [-0.4, -0.2) is 46.2 Å². The molecule has 0 bridgehead atoms. The number of aryl methyl sites for hydroxylation is 1. The molecule has 26 heavy (non-hydrogen) atoms. The first-order valence-corrected chi connectivity index (χ1v) is 8.43. The number of H-pyrrole nitrogens is 1. The summed E-state index contributed by atoms with van der Waals surface area (Å²) in [6.45, 7) is 7.99. The molecule has 1 aliphatic heterocycles. The van der Waals surface area contributed by atoms with Gasteiger partial charge in [0.15, 0.2) is 13.0 Å². The molecule has 2 N–H and O–H groups in total. The molecule has 1 fully saturated rings. The predicted octanol–water partition coefficient (Wildman–Crippen LogP) is 0.303. The van der Waals surface area contributed by atoms with Crippen molar-refractivity contribution in [2.75, 3.05) is 13.4 Å². The Morgan fingerprint density at radius 3 is 2.62 bits per heavy atom. The molecule has 9 nitrogen and oxygen atoms in total. The van der Waals surface area contributed by atoms with Gasteiger partial charge in [0.05, 0.1) is 18.1 Å². The monoisotopic (exact) mass is 370 g/mol. The zero-order chi connectivity index (χ0) is 19.6. The van der Waals surface area contributed by atoms with E-state index in [9.17, 15) is 19.5 Å². The van der Waals surface area contributed by atoms with E-state index in [1.54, 1.807) is 34.6 Å². The highest BCUT2D eigenvalue weighted by Crippen LogP contribution is 2.35. The number of aliphatic hydroxyl groups is 1. The SMILES string of the molecule is Cc1cn([C@@H]2O[C@H](CO)C(C)[C@@H]2OCOC(=O)C(C)(C)C)c(=O)[nH]c1=O. The lowest BCUT2D eigenvalue weighted by atomic mass is 9.98. The van der Waals surface area contributed by atoms with Crippen LogP contribution >= 0.6 is 0 Å². The normalized spacial score (nSPS) is 26.1. The van der Waals surface area contributed by atoms with Gasteiger partial charge in [-0.2, -0.15) is 0 Å². The second-order valence-corrected chi connectivity index (χ2v) is 7.52. The number of nitrogens with one attached hydrogen (secondary N) is 1. The summed E-state index contributed by atoms with van der Waals surface area (Å²) in [6, 6.07) is 0. The fourth-order valence-electron chi connectivity index (χ4n) is 2.68. The Morgan fingerprint density at radius 1 is 1.38 bits per heavy atom. The maximum absolute atomic E-state index is 12.2. The van der Waals surface area contributed by atoms with Crippen LogP contribution in [0.2, 0.25) is 0 Å². The molecule has 0 amide bonds. The Kier molecular flexibility index (Phi) is 6.05. The molecule has 1 aromatic heterocycles. The smallest absolute Gasteiger partial charge is 0.330 e. The predicted molar refractivity (Wildman–Crippen MR) is 91.5 cm³/mol. The summed E-state index contributed by atoms with van der Waals surface area (Å²) in [4.78, 5) is 37.8. The Morgan fingerprint density at radius 2 is 2.04 bits per heavy atom. The van der Waals surface area contributed by atoms with E-state index in [4.69, 9.17) is 14.2 Å². The van der Waals surface area contributed by atoms with E-state index in [1.807, 2.05) is 0 Å². The maximum atomic E-state index is 12.2. The molecular formula is C17H26N2O7. The fourth-order valence-corrected chi connectivity index (χ4v) is 2.68. The molecule has 4 atom stereocenters. The lowest BCUT2D eigenvalue weighted by Crippen LogP contribution is -2.38. The van der Waals surface area contributed by atoms with Crippen LogP contribution < -0.4 is 11.2 Å². The van der Waals surface area contributed by atoms with Crippen LogP contribution in [0.5, 0.6) is 0 Å². The highest BCUT2D eigenvalue weighted by Gasteiger charge is 2.44. The lowest BCUT2D eigenvalue weighted by Gasteiger charge is -2.24. The van der Waals surface area contributed by atoms with Crippen LogP contribution in [0.25, 0.3) is 0 Å². The molecule has 0 saturated carbocycles. The van der Waals surface area contributed by atoms with Crippen molar-refractivity contribution >= 4 is 5.97 Å². The third-order valence-corrected chi connectivity index (χ3v) is 4.36. The van der Waals surface area contributed by atoms with E-state index in [0.717, 1.165) is 0 Å². The van der Waals surface area contributed by atoms with Gasteiger partial charge in [-0.3, -0.25) is 19.1 Å². The van der Waals surface area contributed by atoms with Crippen molar-refractivity contribution in [3.05, 3.63) is 32.6 Å². The second kappa shape index (κ2) is 7.73. The van der Waals surface area contributed by atoms with Gasteiger partial charge in [-0.05, 0) is 27.7 Å². The Balaban J connectivity index is 2.21. The molecule has 1 aromatic rings. The molecule has 146 valence electrons. The number of rotatable bonds is 5. The van der Waals surface area contributed by atoms with E-state index >= 15 is 0 Å². The molecule has 2 rings (SSSR count). The number of aromatic nitrogens is 2. The maximum Gasteiger partial charge on any atom is 0.330 e. The van der Waals surface area contributed by atoms with E-state index in [2.05, 4.69) is 4.98 Å². The topological polar surface area (TPSA) is 120 Å². The molecule has 0 spiro atoms. The summed E-state index contributed by atoms with van der Waals surface area (Å²) in [5.41, 5.74) is -1.45. The molecule has 9 heteroatoms. The van der Waals surface area contributed by atoms with E-state index in [1.165, 1.54) is 10.8 Å². The van der Waals surface area contributed by atoms with Crippen molar-refractivity contribution in [3.8, 4) is 0 Å². The van der Waals surface area contributed by atoms with E-state index in [-0.39, 0.29) is 19.3 Å². The Hall–Kier alpha value is -1.97. The Bertz CT molecular complexity index is 762. The van der Waals surface area contributed by atoms with Gasteiger partial charge in [0.2, 0.25) is 0 Å². The Labute approximate surface area is 150 Å². The summed E-state index contributed by atoms with van der Waals surface area (Å²) in [7, 11) is 0. The van der Waals surface area contributed by atoms with Crippen molar-refractivity contribution < 1.29 is 24.1 Å². The lowest BCUT2D eigenvalue weighted by molar-refractivity contribution is -0.177. The van der Waals surface area contributed by atoms with Crippen LogP contribution in [0.4, 0.5) is 0 Å². The van der Waals surface area contributed by atoms with Gasteiger partial charge in [-0.15, -0.1) is 0 Å².